The fourth-order valence-electron chi connectivity index (χ4n) is 2.63. The van der Waals surface area contributed by atoms with Crippen molar-refractivity contribution in [1.82, 2.24) is 0 Å². The maximum absolute atomic E-state index is 14.1. The lowest BCUT2D eigenvalue weighted by molar-refractivity contribution is 0.479. The predicted molar refractivity (Wildman–Crippen MR) is 82.1 cm³/mol. The Morgan fingerprint density at radius 1 is 1.00 bits per heavy atom. The van der Waals surface area contributed by atoms with Crippen molar-refractivity contribution in [1.29, 1.82) is 0 Å². The van der Waals surface area contributed by atoms with E-state index in [1.54, 1.807) is 12.1 Å². The highest BCUT2D eigenvalue weighted by Crippen LogP contribution is 2.32. The second-order valence-corrected chi connectivity index (χ2v) is 5.25. The summed E-state index contributed by atoms with van der Waals surface area (Å²) in [5.74, 6) is -0.241. The highest BCUT2D eigenvalue weighted by atomic mass is 19.1. The van der Waals surface area contributed by atoms with E-state index >= 15 is 0 Å². The molecule has 1 atom stereocenters. The zero-order chi connectivity index (χ0) is 14.6. The molecule has 0 aliphatic heterocycles. The number of halogens is 1. The van der Waals surface area contributed by atoms with Crippen LogP contribution < -0.4 is 5.73 Å². The number of aryl methyl sites for hydroxylation is 1. The molecule has 1 unspecified atom stereocenters. The third-order valence-corrected chi connectivity index (χ3v) is 3.92. The van der Waals surface area contributed by atoms with Gasteiger partial charge in [0.15, 0.2) is 0 Å². The van der Waals surface area contributed by atoms with E-state index in [-0.39, 0.29) is 5.82 Å². The van der Waals surface area contributed by atoms with Gasteiger partial charge < -0.3 is 5.73 Å². The van der Waals surface area contributed by atoms with Gasteiger partial charge in [-0.2, -0.15) is 0 Å². The molecule has 0 spiro atoms. The smallest absolute Gasteiger partial charge is 0.128 e. The molecule has 0 heterocycles. The van der Waals surface area contributed by atoms with E-state index in [0.29, 0.717) is 12.0 Å². The van der Waals surface area contributed by atoms with Gasteiger partial charge in [-0.15, -0.1) is 0 Å². The van der Waals surface area contributed by atoms with Crippen molar-refractivity contribution >= 4 is 0 Å². The molecule has 2 heteroatoms. The van der Waals surface area contributed by atoms with E-state index in [9.17, 15) is 4.39 Å². The van der Waals surface area contributed by atoms with Crippen LogP contribution in [-0.4, -0.2) is 0 Å². The number of rotatable bonds is 5. The minimum absolute atomic E-state index is 0.241. The molecule has 0 saturated heterocycles. The lowest BCUT2D eigenvalue weighted by Gasteiger charge is -2.30. The van der Waals surface area contributed by atoms with Gasteiger partial charge >= 0.3 is 0 Å². The predicted octanol–water partition coefficient (Wildman–Crippen LogP) is 4.39. The first-order valence-electron chi connectivity index (χ1n) is 7.25. The van der Waals surface area contributed by atoms with E-state index in [2.05, 4.69) is 19.1 Å². The molecule has 106 valence electrons. The maximum atomic E-state index is 14.1. The van der Waals surface area contributed by atoms with Crippen LogP contribution in [0, 0.1) is 5.82 Å². The van der Waals surface area contributed by atoms with Crippen LogP contribution in [0.25, 0.3) is 0 Å². The van der Waals surface area contributed by atoms with Crippen LogP contribution in [0.1, 0.15) is 43.4 Å². The van der Waals surface area contributed by atoms with Crippen molar-refractivity contribution in [2.75, 3.05) is 0 Å². The van der Waals surface area contributed by atoms with Crippen molar-refractivity contribution in [2.24, 2.45) is 5.73 Å². The van der Waals surface area contributed by atoms with Gasteiger partial charge in [0.25, 0.3) is 0 Å². The third-order valence-electron chi connectivity index (χ3n) is 3.92. The minimum Gasteiger partial charge on any atom is -0.318 e. The van der Waals surface area contributed by atoms with E-state index in [0.717, 1.165) is 18.4 Å². The summed E-state index contributed by atoms with van der Waals surface area (Å²) in [6, 6.07) is 15.0. The summed E-state index contributed by atoms with van der Waals surface area (Å²) < 4.78 is 14.1. The molecular weight excluding hydrogens is 249 g/mol. The number of benzene rings is 2. The quantitative estimate of drug-likeness (QED) is 0.857. The molecule has 2 aromatic rings. The zero-order valence-corrected chi connectivity index (χ0v) is 12.2. The first-order valence-corrected chi connectivity index (χ1v) is 7.25. The molecule has 0 radical (unpaired) electrons. The molecule has 0 fully saturated rings. The van der Waals surface area contributed by atoms with Gasteiger partial charge in [0.2, 0.25) is 0 Å². The molecule has 2 rings (SSSR count). The van der Waals surface area contributed by atoms with Crippen molar-refractivity contribution in [3.8, 4) is 0 Å². The van der Waals surface area contributed by atoms with Crippen LogP contribution in [0.4, 0.5) is 4.39 Å². The summed E-state index contributed by atoms with van der Waals surface area (Å²) in [5, 5.41) is 0. The summed E-state index contributed by atoms with van der Waals surface area (Å²) in [7, 11) is 0. The van der Waals surface area contributed by atoms with Gasteiger partial charge in [-0.3, -0.25) is 0 Å². The summed E-state index contributed by atoms with van der Waals surface area (Å²) in [6.45, 7) is 4.15. The number of hydrogen-bond acceptors (Lipinski definition) is 1. The average molecular weight is 271 g/mol. The summed E-state index contributed by atoms with van der Waals surface area (Å²) in [4.78, 5) is 0. The van der Waals surface area contributed by atoms with Gasteiger partial charge in [0.1, 0.15) is 5.82 Å². The lowest BCUT2D eigenvalue weighted by Crippen LogP contribution is -2.38. The molecular formula is C18H22FN. The average Bonchev–Trinajstić information content (AvgIpc) is 2.48. The summed E-state index contributed by atoms with van der Waals surface area (Å²) in [6.07, 6.45) is 2.83. The molecule has 2 N–H and O–H groups in total. The van der Waals surface area contributed by atoms with Crippen LogP contribution in [0.2, 0.25) is 0 Å². The Kier molecular flexibility index (Phi) is 4.56. The summed E-state index contributed by atoms with van der Waals surface area (Å²) >= 11 is 0. The SMILES string of the molecule is CCCc1ccc(C(N)(CC)c2ccccc2F)cc1. The first kappa shape index (κ1) is 14.7. The molecule has 0 amide bonds. The normalized spacial score (nSPS) is 14.0. The molecule has 0 aromatic heterocycles. The van der Waals surface area contributed by atoms with Crippen molar-refractivity contribution in [3.05, 3.63) is 71.0 Å². The second-order valence-electron chi connectivity index (χ2n) is 5.25. The Morgan fingerprint density at radius 3 is 2.20 bits per heavy atom. The van der Waals surface area contributed by atoms with Crippen LogP contribution in [0.3, 0.4) is 0 Å². The topological polar surface area (TPSA) is 26.0 Å². The van der Waals surface area contributed by atoms with E-state index in [1.807, 2.05) is 25.1 Å². The monoisotopic (exact) mass is 271 g/mol. The Hall–Kier alpha value is -1.67. The third kappa shape index (κ3) is 2.75. The first-order chi connectivity index (χ1) is 9.61. The van der Waals surface area contributed by atoms with Gasteiger partial charge in [-0.05, 0) is 30.0 Å². The largest absolute Gasteiger partial charge is 0.318 e. The minimum atomic E-state index is -0.768. The van der Waals surface area contributed by atoms with Crippen LogP contribution in [0.15, 0.2) is 48.5 Å². The second kappa shape index (κ2) is 6.19. The van der Waals surface area contributed by atoms with E-state index in [4.69, 9.17) is 5.73 Å². The molecule has 1 nitrogen and oxygen atoms in total. The van der Waals surface area contributed by atoms with Gasteiger partial charge in [-0.25, -0.2) is 4.39 Å². The molecule has 0 bridgehead atoms. The van der Waals surface area contributed by atoms with Gasteiger partial charge in [0, 0.05) is 5.56 Å². The van der Waals surface area contributed by atoms with Crippen LogP contribution in [-0.2, 0) is 12.0 Å². The fourth-order valence-corrected chi connectivity index (χ4v) is 2.63. The van der Waals surface area contributed by atoms with Gasteiger partial charge in [0.05, 0.1) is 5.54 Å². The van der Waals surface area contributed by atoms with Crippen LogP contribution >= 0.6 is 0 Å². The zero-order valence-electron chi connectivity index (χ0n) is 12.2. The van der Waals surface area contributed by atoms with E-state index < -0.39 is 5.54 Å². The maximum Gasteiger partial charge on any atom is 0.128 e. The highest BCUT2D eigenvalue weighted by Gasteiger charge is 2.30. The van der Waals surface area contributed by atoms with E-state index in [1.165, 1.54) is 11.6 Å². The molecule has 0 saturated carbocycles. The number of hydrogen-bond donors (Lipinski definition) is 1. The van der Waals surface area contributed by atoms with Gasteiger partial charge in [-0.1, -0.05) is 62.7 Å². The van der Waals surface area contributed by atoms with Crippen LogP contribution in [0.5, 0.6) is 0 Å². The van der Waals surface area contributed by atoms with Crippen molar-refractivity contribution < 1.29 is 4.39 Å². The lowest BCUT2D eigenvalue weighted by atomic mass is 9.81. The Morgan fingerprint density at radius 2 is 1.65 bits per heavy atom. The fraction of sp³-hybridized carbons (Fsp3) is 0.333. The summed E-state index contributed by atoms with van der Waals surface area (Å²) in [5.41, 5.74) is 8.58. The standard InChI is InChI=1S/C18H22FN/c1-3-7-14-10-12-15(13-11-14)18(20,4-2)16-8-5-6-9-17(16)19/h5-6,8-13H,3-4,7,20H2,1-2H3. The Bertz CT molecular complexity index is 562. The molecule has 20 heavy (non-hydrogen) atoms. The number of nitrogens with two attached hydrogens (primary N) is 1. The highest BCUT2D eigenvalue weighted by molar-refractivity contribution is 5.39. The van der Waals surface area contributed by atoms with Crippen molar-refractivity contribution in [3.63, 3.8) is 0 Å². The molecule has 0 aliphatic carbocycles. The molecule has 2 aromatic carbocycles. The Balaban J connectivity index is 2.42. The van der Waals surface area contributed by atoms with Crippen molar-refractivity contribution in [2.45, 2.75) is 38.6 Å². The Labute approximate surface area is 120 Å². The molecule has 0 aliphatic rings.